The molecule has 2 rings (SSSR count). The number of nitrogens with zero attached hydrogens (tertiary/aromatic N) is 1. The highest BCUT2D eigenvalue weighted by atomic mass is 127. The molecule has 0 saturated heterocycles. The van der Waals surface area contributed by atoms with Gasteiger partial charge in [0.1, 0.15) is 11.5 Å². The van der Waals surface area contributed by atoms with Gasteiger partial charge in [-0.1, -0.05) is 12.8 Å². The van der Waals surface area contributed by atoms with Crippen LogP contribution < -0.4 is 20.5 Å². The molecule has 0 spiro atoms. The number of aliphatic imine (C=N–C) groups is 1. The molecule has 1 aromatic rings. The molecule has 0 bridgehead atoms. The van der Waals surface area contributed by atoms with Crippen molar-refractivity contribution in [3.63, 3.8) is 0 Å². The fourth-order valence-corrected chi connectivity index (χ4v) is 3.40. The third-order valence-electron chi connectivity index (χ3n) is 4.67. The quantitative estimate of drug-likeness (QED) is 0.319. The van der Waals surface area contributed by atoms with Crippen LogP contribution in [-0.2, 0) is 4.74 Å². The van der Waals surface area contributed by atoms with Gasteiger partial charge in [0.15, 0.2) is 5.96 Å². The maximum atomic E-state index is 6.04. The molecule has 0 radical (unpaired) electrons. The van der Waals surface area contributed by atoms with Gasteiger partial charge in [0.05, 0.1) is 26.0 Å². The van der Waals surface area contributed by atoms with E-state index in [1.54, 1.807) is 14.2 Å². The second kappa shape index (κ2) is 12.2. The lowest BCUT2D eigenvalue weighted by atomic mass is 9.98. The van der Waals surface area contributed by atoms with E-state index in [2.05, 4.69) is 17.2 Å². The van der Waals surface area contributed by atoms with E-state index in [1.165, 1.54) is 25.7 Å². The van der Waals surface area contributed by atoms with Crippen LogP contribution in [0.25, 0.3) is 0 Å². The van der Waals surface area contributed by atoms with Gasteiger partial charge in [-0.15, -0.1) is 24.0 Å². The van der Waals surface area contributed by atoms with Crippen LogP contribution in [0.3, 0.4) is 0 Å². The van der Waals surface area contributed by atoms with Crippen LogP contribution in [-0.4, -0.2) is 39.4 Å². The zero-order valence-electron chi connectivity index (χ0n) is 16.0. The Hall–Kier alpha value is -1.22. The number of nitrogens with one attached hydrogen (secondary N) is 1. The summed E-state index contributed by atoms with van der Waals surface area (Å²) in [6.07, 6.45) is 6.35. The molecule has 1 aliphatic carbocycles. The van der Waals surface area contributed by atoms with Gasteiger partial charge in [-0.2, -0.15) is 0 Å². The van der Waals surface area contributed by atoms with Crippen LogP contribution >= 0.6 is 24.0 Å². The van der Waals surface area contributed by atoms with Crippen molar-refractivity contribution in [2.75, 3.05) is 32.7 Å². The Morgan fingerprint density at radius 3 is 2.62 bits per heavy atom. The molecule has 6 nitrogen and oxygen atoms in total. The lowest BCUT2D eigenvalue weighted by molar-refractivity contribution is 0.0178. The van der Waals surface area contributed by atoms with Crippen molar-refractivity contribution >= 4 is 35.6 Å². The Bertz CT molecular complexity index is 563. The smallest absolute Gasteiger partial charge is 0.193 e. The molecular formula is C19H32IN3O3. The van der Waals surface area contributed by atoms with Crippen LogP contribution in [0.2, 0.25) is 0 Å². The summed E-state index contributed by atoms with van der Waals surface area (Å²) in [6, 6.07) is 5.51. The summed E-state index contributed by atoms with van der Waals surface area (Å²) in [6.45, 7) is 3.45. The normalized spacial score (nSPS) is 16.0. The molecular weight excluding hydrogens is 445 g/mol. The third kappa shape index (κ3) is 6.83. The van der Waals surface area contributed by atoms with E-state index in [0.29, 0.717) is 24.2 Å². The molecule has 0 aliphatic heterocycles. The Balaban J connectivity index is 0.00000338. The van der Waals surface area contributed by atoms with Gasteiger partial charge in [-0.25, -0.2) is 0 Å². The average molecular weight is 477 g/mol. The molecule has 0 amide bonds. The summed E-state index contributed by atoms with van der Waals surface area (Å²) in [4.78, 5) is 4.45. The largest absolute Gasteiger partial charge is 0.497 e. The van der Waals surface area contributed by atoms with Gasteiger partial charge in [-0.3, -0.25) is 4.99 Å². The maximum absolute atomic E-state index is 6.04. The standard InChI is InChI=1S/C19H31N3O3.HI/c1-4-25-17(14-7-5-6-8-14)11-12-21-19(20)22-16-13-15(23-2)9-10-18(16)24-3;/h9-10,13-14,17H,4-8,11-12H2,1-3H3,(H3,20,21,22);1H. The highest BCUT2D eigenvalue weighted by molar-refractivity contribution is 14.0. The molecule has 26 heavy (non-hydrogen) atoms. The van der Waals surface area contributed by atoms with E-state index in [-0.39, 0.29) is 30.1 Å². The van der Waals surface area contributed by atoms with Crippen molar-refractivity contribution in [3.8, 4) is 11.5 Å². The summed E-state index contributed by atoms with van der Waals surface area (Å²) in [7, 11) is 3.24. The van der Waals surface area contributed by atoms with E-state index in [9.17, 15) is 0 Å². The summed E-state index contributed by atoms with van der Waals surface area (Å²) in [5.41, 5.74) is 6.77. The Kier molecular flexibility index (Phi) is 10.7. The Morgan fingerprint density at radius 2 is 2.00 bits per heavy atom. The van der Waals surface area contributed by atoms with Crippen LogP contribution in [0.15, 0.2) is 23.2 Å². The molecule has 1 aliphatic rings. The van der Waals surface area contributed by atoms with Gasteiger partial charge in [0, 0.05) is 19.2 Å². The van der Waals surface area contributed by atoms with E-state index < -0.39 is 0 Å². The van der Waals surface area contributed by atoms with Gasteiger partial charge in [-0.05, 0) is 44.2 Å². The lowest BCUT2D eigenvalue weighted by Gasteiger charge is -2.22. The van der Waals surface area contributed by atoms with E-state index in [1.807, 2.05) is 18.2 Å². The highest BCUT2D eigenvalue weighted by Gasteiger charge is 2.24. The number of benzene rings is 1. The molecule has 1 fully saturated rings. The first-order valence-electron chi connectivity index (χ1n) is 9.08. The van der Waals surface area contributed by atoms with Crippen molar-refractivity contribution in [1.82, 2.24) is 0 Å². The zero-order valence-corrected chi connectivity index (χ0v) is 18.3. The molecule has 3 N–H and O–H groups in total. The predicted molar refractivity (Wildman–Crippen MR) is 117 cm³/mol. The molecule has 148 valence electrons. The molecule has 0 heterocycles. The van der Waals surface area contributed by atoms with Gasteiger partial charge in [0.25, 0.3) is 0 Å². The first kappa shape index (κ1) is 22.8. The first-order chi connectivity index (χ1) is 12.2. The summed E-state index contributed by atoms with van der Waals surface area (Å²) < 4.78 is 16.5. The highest BCUT2D eigenvalue weighted by Crippen LogP contribution is 2.31. The van der Waals surface area contributed by atoms with E-state index in [0.717, 1.165) is 24.5 Å². The number of nitrogens with two attached hydrogens (primary N) is 1. The fraction of sp³-hybridized carbons (Fsp3) is 0.632. The number of methoxy groups -OCH3 is 2. The molecule has 7 heteroatoms. The summed E-state index contributed by atoms with van der Waals surface area (Å²) >= 11 is 0. The number of guanidine groups is 1. The predicted octanol–water partition coefficient (Wildman–Crippen LogP) is 4.03. The van der Waals surface area contributed by atoms with Crippen molar-refractivity contribution in [2.45, 2.75) is 45.1 Å². The van der Waals surface area contributed by atoms with Crippen molar-refractivity contribution in [3.05, 3.63) is 18.2 Å². The van der Waals surface area contributed by atoms with Gasteiger partial charge >= 0.3 is 0 Å². The van der Waals surface area contributed by atoms with E-state index in [4.69, 9.17) is 19.9 Å². The lowest BCUT2D eigenvalue weighted by Crippen LogP contribution is -2.26. The van der Waals surface area contributed by atoms with Crippen LogP contribution in [0.4, 0.5) is 5.69 Å². The number of rotatable bonds is 9. The minimum Gasteiger partial charge on any atom is -0.497 e. The number of ether oxygens (including phenoxy) is 3. The topological polar surface area (TPSA) is 78.1 Å². The Labute approximate surface area is 173 Å². The average Bonchev–Trinajstić information content (AvgIpc) is 3.15. The van der Waals surface area contributed by atoms with Crippen LogP contribution in [0.5, 0.6) is 11.5 Å². The number of halogens is 1. The Morgan fingerprint density at radius 1 is 1.27 bits per heavy atom. The van der Waals surface area contributed by atoms with Crippen molar-refractivity contribution < 1.29 is 14.2 Å². The maximum Gasteiger partial charge on any atom is 0.193 e. The molecule has 1 atom stereocenters. The monoisotopic (exact) mass is 477 g/mol. The fourth-order valence-electron chi connectivity index (χ4n) is 3.40. The van der Waals surface area contributed by atoms with Crippen molar-refractivity contribution in [2.24, 2.45) is 16.6 Å². The summed E-state index contributed by atoms with van der Waals surface area (Å²) in [5.74, 6) is 2.46. The number of hydrogen-bond acceptors (Lipinski definition) is 4. The zero-order chi connectivity index (χ0) is 18.1. The third-order valence-corrected chi connectivity index (χ3v) is 4.67. The van der Waals surface area contributed by atoms with Crippen molar-refractivity contribution in [1.29, 1.82) is 0 Å². The molecule has 0 aromatic heterocycles. The molecule has 1 saturated carbocycles. The summed E-state index contributed by atoms with van der Waals surface area (Å²) in [5, 5.41) is 3.09. The second-order valence-electron chi connectivity index (χ2n) is 6.29. The van der Waals surface area contributed by atoms with Gasteiger partial charge in [0.2, 0.25) is 0 Å². The first-order valence-corrected chi connectivity index (χ1v) is 9.08. The molecule has 1 aromatic carbocycles. The second-order valence-corrected chi connectivity index (χ2v) is 6.29. The van der Waals surface area contributed by atoms with Gasteiger partial charge < -0.3 is 25.3 Å². The van der Waals surface area contributed by atoms with E-state index >= 15 is 0 Å². The number of anilines is 1. The molecule has 1 unspecified atom stereocenters. The number of hydrogen-bond donors (Lipinski definition) is 2. The minimum absolute atomic E-state index is 0. The SMILES string of the molecule is CCOC(CCN=C(N)Nc1cc(OC)ccc1OC)C1CCCC1.I. The minimum atomic E-state index is 0. The van der Waals surface area contributed by atoms with Crippen LogP contribution in [0, 0.1) is 5.92 Å². The van der Waals surface area contributed by atoms with Crippen LogP contribution in [0.1, 0.15) is 39.0 Å².